The summed E-state index contributed by atoms with van der Waals surface area (Å²) < 4.78 is 32.2. The maximum absolute atomic E-state index is 11.9. The van der Waals surface area contributed by atoms with Gasteiger partial charge in [-0.2, -0.15) is 0 Å². The first kappa shape index (κ1) is 23.4. The number of ether oxygens (including phenoxy) is 2. The summed E-state index contributed by atoms with van der Waals surface area (Å²) in [6, 6.07) is 18.3. The number of benzene rings is 2. The van der Waals surface area contributed by atoms with E-state index in [1.165, 1.54) is 13.8 Å². The van der Waals surface area contributed by atoms with E-state index in [9.17, 15) is 14.2 Å². The number of alkyl carbamates (subject to hydrolysis) is 2. The van der Waals surface area contributed by atoms with Crippen molar-refractivity contribution >= 4 is 20.4 Å². The van der Waals surface area contributed by atoms with Gasteiger partial charge in [0.25, 0.3) is 0 Å². The summed E-state index contributed by atoms with van der Waals surface area (Å²) in [6.07, 6.45) is -3.29. The Bertz CT molecular complexity index is 753. The zero-order valence-corrected chi connectivity index (χ0v) is 17.7. The van der Waals surface area contributed by atoms with E-state index in [-0.39, 0.29) is 13.2 Å². The summed E-state index contributed by atoms with van der Waals surface area (Å²) in [7, 11) is -3.00. The molecule has 0 heterocycles. The lowest BCUT2D eigenvalue weighted by molar-refractivity contribution is 0.0864. The fourth-order valence-electron chi connectivity index (χ4n) is 2.24. The van der Waals surface area contributed by atoms with Crippen molar-refractivity contribution < 1.29 is 32.7 Å². The van der Waals surface area contributed by atoms with Crippen LogP contribution in [0.15, 0.2) is 60.7 Å². The van der Waals surface area contributed by atoms with Crippen LogP contribution in [-0.2, 0) is 36.3 Å². The molecule has 2 amide bonds. The highest BCUT2D eigenvalue weighted by atomic mass is 31.1. The maximum atomic E-state index is 11.9. The van der Waals surface area contributed by atoms with Gasteiger partial charge in [-0.1, -0.05) is 60.7 Å². The quantitative estimate of drug-likeness (QED) is 0.428. The predicted octanol–water partition coefficient (Wildman–Crippen LogP) is 3.95. The molecule has 0 aliphatic carbocycles. The van der Waals surface area contributed by atoms with Crippen LogP contribution in [0, 0.1) is 0 Å². The van der Waals surface area contributed by atoms with Crippen molar-refractivity contribution in [3.63, 3.8) is 0 Å². The average molecular weight is 436 g/mol. The standard InChI is InChI=1S/C20H25N2O7P/c1-15(21-19(23)26-13-17-9-5-3-6-10-17)28-30(25)29-16(2)22-20(24)27-14-18-11-7-4-8-12-18/h3-12,15-16,30H,13-14H2,1-2H3,(H,21,23)(H,22,24). The Morgan fingerprint density at radius 2 is 1.13 bits per heavy atom. The zero-order chi connectivity index (χ0) is 21.8. The molecule has 0 fully saturated rings. The molecule has 2 atom stereocenters. The molecule has 10 heteroatoms. The Hall–Kier alpha value is -2.87. The molecule has 0 aliphatic heterocycles. The minimum Gasteiger partial charge on any atom is -0.445 e. The molecular formula is C20H25N2O7P. The van der Waals surface area contributed by atoms with E-state index >= 15 is 0 Å². The van der Waals surface area contributed by atoms with Gasteiger partial charge in [-0.15, -0.1) is 0 Å². The van der Waals surface area contributed by atoms with E-state index in [2.05, 4.69) is 10.6 Å². The molecule has 9 nitrogen and oxygen atoms in total. The molecule has 0 spiro atoms. The van der Waals surface area contributed by atoms with Gasteiger partial charge < -0.3 is 9.47 Å². The second-order valence-corrected chi connectivity index (χ2v) is 7.15. The van der Waals surface area contributed by atoms with E-state index in [0.29, 0.717) is 0 Å². The minimum absolute atomic E-state index is 0.0944. The molecule has 0 saturated heterocycles. The number of hydrogen-bond donors (Lipinski definition) is 2. The fourth-order valence-corrected chi connectivity index (χ4v) is 2.99. The summed E-state index contributed by atoms with van der Waals surface area (Å²) in [4.78, 5) is 23.5. The van der Waals surface area contributed by atoms with E-state index in [1.54, 1.807) is 0 Å². The molecule has 0 radical (unpaired) electrons. The summed E-state index contributed by atoms with van der Waals surface area (Å²) >= 11 is 0. The lowest BCUT2D eigenvalue weighted by Gasteiger charge is -2.18. The van der Waals surface area contributed by atoms with Gasteiger partial charge in [-0.3, -0.25) is 24.2 Å². The van der Waals surface area contributed by atoms with Crippen LogP contribution in [0.2, 0.25) is 0 Å². The van der Waals surface area contributed by atoms with Crippen LogP contribution in [-0.4, -0.2) is 24.6 Å². The maximum Gasteiger partial charge on any atom is 0.409 e. The van der Waals surface area contributed by atoms with Gasteiger partial charge in [-0.25, -0.2) is 9.59 Å². The minimum atomic E-state index is -3.00. The second kappa shape index (κ2) is 12.6. The zero-order valence-electron chi connectivity index (χ0n) is 16.7. The van der Waals surface area contributed by atoms with E-state index in [4.69, 9.17) is 18.5 Å². The molecule has 0 aliphatic rings. The van der Waals surface area contributed by atoms with Crippen LogP contribution >= 0.6 is 8.25 Å². The Balaban J connectivity index is 1.62. The topological polar surface area (TPSA) is 112 Å². The van der Waals surface area contributed by atoms with Gasteiger partial charge in [0.15, 0.2) is 0 Å². The lowest BCUT2D eigenvalue weighted by Crippen LogP contribution is -2.35. The Morgan fingerprint density at radius 3 is 1.50 bits per heavy atom. The Morgan fingerprint density at radius 1 is 0.767 bits per heavy atom. The summed E-state index contributed by atoms with van der Waals surface area (Å²) in [5, 5.41) is 4.77. The van der Waals surface area contributed by atoms with Crippen molar-refractivity contribution in [2.24, 2.45) is 0 Å². The van der Waals surface area contributed by atoms with Crippen LogP contribution in [0.5, 0.6) is 0 Å². The number of carbonyl (C=O) groups excluding carboxylic acids is 2. The molecule has 0 saturated carbocycles. The third-order valence-electron chi connectivity index (χ3n) is 3.61. The van der Waals surface area contributed by atoms with E-state index in [1.807, 2.05) is 60.7 Å². The van der Waals surface area contributed by atoms with Crippen molar-refractivity contribution in [1.82, 2.24) is 10.6 Å². The fraction of sp³-hybridized carbons (Fsp3) is 0.300. The van der Waals surface area contributed by atoms with Gasteiger partial charge in [0, 0.05) is 0 Å². The smallest absolute Gasteiger partial charge is 0.409 e. The first-order chi connectivity index (χ1) is 14.4. The van der Waals surface area contributed by atoms with Crippen molar-refractivity contribution in [2.75, 3.05) is 0 Å². The third-order valence-corrected chi connectivity index (χ3v) is 4.71. The number of carbonyl (C=O) groups is 2. The van der Waals surface area contributed by atoms with Gasteiger partial charge in [0.1, 0.15) is 25.7 Å². The largest absolute Gasteiger partial charge is 0.445 e. The number of amides is 2. The third kappa shape index (κ3) is 9.56. The van der Waals surface area contributed by atoms with E-state index < -0.39 is 32.9 Å². The number of nitrogens with one attached hydrogen (secondary N) is 2. The summed E-state index contributed by atoms with van der Waals surface area (Å²) in [5.41, 5.74) is 1.66. The molecule has 2 unspecified atom stereocenters. The molecule has 2 aromatic carbocycles. The van der Waals surface area contributed by atoms with Crippen LogP contribution in [0.25, 0.3) is 0 Å². The Labute approximate surface area is 175 Å². The van der Waals surface area contributed by atoms with Gasteiger partial charge in [0.2, 0.25) is 0 Å². The van der Waals surface area contributed by atoms with Gasteiger partial charge in [-0.05, 0) is 25.0 Å². The second-order valence-electron chi connectivity index (χ2n) is 6.18. The van der Waals surface area contributed by atoms with Crippen LogP contribution in [0.1, 0.15) is 25.0 Å². The highest BCUT2D eigenvalue weighted by Gasteiger charge is 2.16. The molecule has 0 bridgehead atoms. The number of rotatable bonds is 10. The highest BCUT2D eigenvalue weighted by molar-refractivity contribution is 7.33. The number of hydrogen-bond acceptors (Lipinski definition) is 7. The normalized spacial score (nSPS) is 13.5. The SMILES string of the molecule is CC(NC(=O)OCc1ccccc1)O[PH](=O)OC(C)NC(=O)OCc1ccccc1. The summed E-state index contributed by atoms with van der Waals surface area (Å²) in [5.74, 6) is 0. The van der Waals surface area contributed by atoms with Crippen molar-refractivity contribution in [3.8, 4) is 0 Å². The van der Waals surface area contributed by atoms with Crippen LogP contribution in [0.3, 0.4) is 0 Å². The van der Waals surface area contributed by atoms with Crippen LogP contribution in [0.4, 0.5) is 9.59 Å². The van der Waals surface area contributed by atoms with Gasteiger partial charge in [0.05, 0.1) is 0 Å². The first-order valence-electron chi connectivity index (χ1n) is 9.24. The molecule has 2 aromatic rings. The monoisotopic (exact) mass is 436 g/mol. The molecule has 2 rings (SSSR count). The molecule has 30 heavy (non-hydrogen) atoms. The molecule has 0 aromatic heterocycles. The van der Waals surface area contributed by atoms with Gasteiger partial charge >= 0.3 is 20.4 Å². The van der Waals surface area contributed by atoms with Crippen molar-refractivity contribution in [2.45, 2.75) is 39.5 Å². The Kier molecular flexibility index (Phi) is 9.86. The lowest BCUT2D eigenvalue weighted by atomic mass is 10.2. The van der Waals surface area contributed by atoms with Crippen molar-refractivity contribution in [3.05, 3.63) is 71.8 Å². The first-order valence-corrected chi connectivity index (χ1v) is 10.5. The van der Waals surface area contributed by atoms with E-state index in [0.717, 1.165) is 11.1 Å². The molecular weight excluding hydrogens is 411 g/mol. The predicted molar refractivity (Wildman–Crippen MR) is 110 cm³/mol. The highest BCUT2D eigenvalue weighted by Crippen LogP contribution is 2.26. The van der Waals surface area contributed by atoms with Crippen LogP contribution < -0.4 is 10.6 Å². The average Bonchev–Trinajstić information content (AvgIpc) is 2.72. The van der Waals surface area contributed by atoms with Crippen molar-refractivity contribution in [1.29, 1.82) is 0 Å². The molecule has 2 N–H and O–H groups in total. The summed E-state index contributed by atoms with van der Waals surface area (Å²) in [6.45, 7) is 3.14. The molecule has 162 valence electrons.